The Bertz CT molecular complexity index is 398. The third-order valence-corrected chi connectivity index (χ3v) is 2.67. The van der Waals surface area contributed by atoms with Crippen LogP contribution in [-0.4, -0.2) is 19.3 Å². The van der Waals surface area contributed by atoms with E-state index in [0.29, 0.717) is 12.5 Å². The van der Waals surface area contributed by atoms with Gasteiger partial charge in [0.25, 0.3) is 0 Å². The molecule has 0 rings (SSSR count). The van der Waals surface area contributed by atoms with Gasteiger partial charge in [-0.25, -0.2) is 0 Å². The Balaban J connectivity index is 3.95. The molecule has 110 valence electrons. The van der Waals surface area contributed by atoms with Gasteiger partial charge in [-0.1, -0.05) is 43.9 Å². The van der Waals surface area contributed by atoms with Crippen LogP contribution in [0.5, 0.6) is 0 Å². The molecule has 0 fully saturated rings. The number of hydrogen-bond acceptors (Lipinski definition) is 2. The molecule has 20 heavy (non-hydrogen) atoms. The van der Waals surface area contributed by atoms with Crippen molar-refractivity contribution in [1.29, 1.82) is 0 Å². The fraction of sp³-hybridized carbons (Fsp3) is 0.389. The van der Waals surface area contributed by atoms with E-state index in [0.717, 1.165) is 18.7 Å². The van der Waals surface area contributed by atoms with Crippen molar-refractivity contribution < 1.29 is 0 Å². The van der Waals surface area contributed by atoms with Crippen molar-refractivity contribution in [1.82, 2.24) is 5.32 Å². The first kappa shape index (κ1) is 18.2. The molecule has 0 aliphatic rings. The average molecular weight is 272 g/mol. The maximum atomic E-state index is 4.35. The van der Waals surface area contributed by atoms with Gasteiger partial charge in [-0.05, 0) is 37.8 Å². The second-order valence-electron chi connectivity index (χ2n) is 4.73. The van der Waals surface area contributed by atoms with Gasteiger partial charge in [-0.2, -0.15) is 0 Å². The standard InChI is InChI=1S/C18H28N2/c1-6-16(3)12-13-17(4)15-19-14-10-8-9-11-18(5)20-7-2/h6,8-11,13,15-16,20H,1,5,7,12,14H2,2-4H3/b10-8-,11-9-,17-13+,19-15+. The fourth-order valence-electron chi connectivity index (χ4n) is 1.38. The van der Waals surface area contributed by atoms with Gasteiger partial charge in [0.05, 0.1) is 6.54 Å². The summed E-state index contributed by atoms with van der Waals surface area (Å²) in [5, 5.41) is 3.13. The Morgan fingerprint density at radius 1 is 1.35 bits per heavy atom. The van der Waals surface area contributed by atoms with Crippen LogP contribution in [0.25, 0.3) is 0 Å². The van der Waals surface area contributed by atoms with E-state index in [1.54, 1.807) is 0 Å². The predicted molar refractivity (Wildman–Crippen MR) is 92.2 cm³/mol. The molecule has 1 N–H and O–H groups in total. The molecule has 0 radical (unpaired) electrons. The third-order valence-electron chi connectivity index (χ3n) is 2.67. The van der Waals surface area contributed by atoms with E-state index in [1.165, 1.54) is 5.57 Å². The second-order valence-corrected chi connectivity index (χ2v) is 4.73. The molecule has 0 saturated carbocycles. The number of nitrogens with one attached hydrogen (secondary N) is 1. The Hall–Kier alpha value is -1.83. The van der Waals surface area contributed by atoms with Gasteiger partial charge in [0.15, 0.2) is 0 Å². The fourth-order valence-corrected chi connectivity index (χ4v) is 1.38. The van der Waals surface area contributed by atoms with Crippen LogP contribution in [0.15, 0.2) is 65.9 Å². The van der Waals surface area contributed by atoms with Crippen LogP contribution in [0.1, 0.15) is 27.2 Å². The Morgan fingerprint density at radius 2 is 2.10 bits per heavy atom. The Morgan fingerprint density at radius 3 is 2.75 bits per heavy atom. The average Bonchev–Trinajstić information content (AvgIpc) is 2.43. The monoisotopic (exact) mass is 272 g/mol. The maximum Gasteiger partial charge on any atom is 0.0573 e. The van der Waals surface area contributed by atoms with Crippen LogP contribution in [0.3, 0.4) is 0 Å². The molecule has 0 spiro atoms. The lowest BCUT2D eigenvalue weighted by atomic mass is 10.1. The first-order valence-corrected chi connectivity index (χ1v) is 7.15. The molecule has 2 nitrogen and oxygen atoms in total. The van der Waals surface area contributed by atoms with Gasteiger partial charge < -0.3 is 5.32 Å². The Kier molecular flexibility index (Phi) is 11.1. The van der Waals surface area contributed by atoms with E-state index in [2.05, 4.69) is 50.3 Å². The molecular formula is C18H28N2. The van der Waals surface area contributed by atoms with Crippen LogP contribution in [-0.2, 0) is 0 Å². The number of nitrogens with zero attached hydrogens (tertiary/aromatic N) is 1. The first-order valence-electron chi connectivity index (χ1n) is 7.15. The first-order chi connectivity index (χ1) is 9.60. The van der Waals surface area contributed by atoms with Gasteiger partial charge in [0.2, 0.25) is 0 Å². The molecule has 0 heterocycles. The number of likely N-dealkylation sites (N-methyl/N-ethyl adjacent to an activating group) is 1. The predicted octanol–water partition coefficient (Wildman–Crippen LogP) is 4.45. The summed E-state index contributed by atoms with van der Waals surface area (Å²) in [6.45, 7) is 15.5. The van der Waals surface area contributed by atoms with Gasteiger partial charge in [0, 0.05) is 18.5 Å². The number of allylic oxidation sites excluding steroid dienone is 6. The summed E-state index contributed by atoms with van der Waals surface area (Å²) in [7, 11) is 0. The second kappa shape index (κ2) is 12.2. The third kappa shape index (κ3) is 11.3. The molecule has 2 heteroatoms. The summed E-state index contributed by atoms with van der Waals surface area (Å²) in [6, 6.07) is 0. The van der Waals surface area contributed by atoms with Crippen molar-refractivity contribution in [3.63, 3.8) is 0 Å². The Labute approximate surface area is 124 Å². The summed E-state index contributed by atoms with van der Waals surface area (Å²) < 4.78 is 0. The SMILES string of the molecule is C=CC(C)C/C=C(C)/C=N/C/C=C\C=C/C(=C)NCC. The zero-order chi connectivity index (χ0) is 15.2. The summed E-state index contributed by atoms with van der Waals surface area (Å²) in [4.78, 5) is 4.35. The van der Waals surface area contributed by atoms with E-state index >= 15 is 0 Å². The van der Waals surface area contributed by atoms with Crippen LogP contribution in [0, 0.1) is 5.92 Å². The molecular weight excluding hydrogens is 244 g/mol. The molecule has 0 bridgehead atoms. The minimum Gasteiger partial charge on any atom is -0.386 e. The molecule has 1 unspecified atom stereocenters. The van der Waals surface area contributed by atoms with Crippen LogP contribution in [0.2, 0.25) is 0 Å². The van der Waals surface area contributed by atoms with Gasteiger partial charge >= 0.3 is 0 Å². The minimum atomic E-state index is 0.521. The highest BCUT2D eigenvalue weighted by atomic mass is 14.8. The smallest absolute Gasteiger partial charge is 0.0573 e. The van der Waals surface area contributed by atoms with E-state index in [4.69, 9.17) is 0 Å². The van der Waals surface area contributed by atoms with Crippen LogP contribution >= 0.6 is 0 Å². The zero-order valence-corrected chi connectivity index (χ0v) is 13.1. The minimum absolute atomic E-state index is 0.521. The molecule has 1 atom stereocenters. The largest absolute Gasteiger partial charge is 0.386 e. The lowest BCUT2D eigenvalue weighted by molar-refractivity contribution is 0.745. The van der Waals surface area contributed by atoms with E-state index in [-0.39, 0.29) is 0 Å². The van der Waals surface area contributed by atoms with Crippen molar-refractivity contribution in [2.75, 3.05) is 13.1 Å². The lowest BCUT2D eigenvalue weighted by Gasteiger charge is -1.99. The molecule has 0 amide bonds. The van der Waals surface area contributed by atoms with E-state index in [1.807, 2.05) is 36.6 Å². The van der Waals surface area contributed by atoms with Crippen molar-refractivity contribution in [2.45, 2.75) is 27.2 Å². The number of rotatable bonds is 10. The molecule has 0 aromatic carbocycles. The zero-order valence-electron chi connectivity index (χ0n) is 13.1. The quantitative estimate of drug-likeness (QED) is 0.354. The highest BCUT2D eigenvalue weighted by Crippen LogP contribution is 2.05. The highest BCUT2D eigenvalue weighted by Gasteiger charge is 1.91. The normalized spacial score (nSPS) is 14.2. The van der Waals surface area contributed by atoms with Crippen LogP contribution < -0.4 is 5.32 Å². The summed E-state index contributed by atoms with van der Waals surface area (Å²) in [6.07, 6.45) is 15.0. The summed E-state index contributed by atoms with van der Waals surface area (Å²) in [5.41, 5.74) is 2.12. The van der Waals surface area contributed by atoms with Crippen LogP contribution in [0.4, 0.5) is 0 Å². The molecule has 0 saturated heterocycles. The van der Waals surface area contributed by atoms with Gasteiger partial charge in [-0.15, -0.1) is 6.58 Å². The van der Waals surface area contributed by atoms with Gasteiger partial charge in [-0.3, -0.25) is 4.99 Å². The van der Waals surface area contributed by atoms with Crippen molar-refractivity contribution in [2.24, 2.45) is 10.9 Å². The number of aliphatic imine (C=N–C) groups is 1. The molecule has 0 aromatic heterocycles. The van der Waals surface area contributed by atoms with Crippen molar-refractivity contribution >= 4 is 6.21 Å². The summed E-state index contributed by atoms with van der Waals surface area (Å²) in [5.74, 6) is 0.521. The molecule has 0 aromatic rings. The number of hydrogen-bond donors (Lipinski definition) is 1. The van der Waals surface area contributed by atoms with E-state index in [9.17, 15) is 0 Å². The van der Waals surface area contributed by atoms with Crippen molar-refractivity contribution in [3.8, 4) is 0 Å². The van der Waals surface area contributed by atoms with Gasteiger partial charge in [0.1, 0.15) is 0 Å². The lowest BCUT2D eigenvalue weighted by Crippen LogP contribution is -2.08. The molecule has 0 aliphatic heterocycles. The highest BCUT2D eigenvalue weighted by molar-refractivity contribution is 5.77. The molecule has 0 aliphatic carbocycles. The topological polar surface area (TPSA) is 24.4 Å². The van der Waals surface area contributed by atoms with E-state index < -0.39 is 0 Å². The van der Waals surface area contributed by atoms with Crippen molar-refractivity contribution in [3.05, 3.63) is 60.9 Å². The maximum absolute atomic E-state index is 4.35. The summed E-state index contributed by atoms with van der Waals surface area (Å²) >= 11 is 0.